The monoisotopic (exact) mass is 512 g/mol. The molecule has 7 nitrogen and oxygen atoms in total. The van der Waals surface area contributed by atoms with Crippen molar-refractivity contribution in [1.82, 2.24) is 14.9 Å². The lowest BCUT2D eigenvalue weighted by molar-refractivity contribution is -0.121. The molecule has 0 unspecified atom stereocenters. The number of likely N-dealkylation sites (tertiary alicyclic amines) is 1. The first-order chi connectivity index (χ1) is 18.0. The first kappa shape index (κ1) is 26.1. The second kappa shape index (κ2) is 9.65. The molecule has 0 bridgehead atoms. The number of nitriles is 1. The van der Waals surface area contributed by atoms with Crippen LogP contribution in [0.5, 0.6) is 0 Å². The van der Waals surface area contributed by atoms with Crippen LogP contribution in [0, 0.1) is 23.2 Å². The molecule has 0 radical (unpaired) electrons. The van der Waals surface area contributed by atoms with Crippen LogP contribution < -0.4 is 0 Å². The van der Waals surface area contributed by atoms with Gasteiger partial charge in [0.2, 0.25) is 0 Å². The molecule has 0 saturated carbocycles. The second-order valence-electron chi connectivity index (χ2n) is 12.1. The van der Waals surface area contributed by atoms with Gasteiger partial charge in [0.05, 0.1) is 17.0 Å². The number of ether oxygens (including phenoxy) is 1. The number of rotatable bonds is 2. The normalized spacial score (nSPS) is 25.6. The van der Waals surface area contributed by atoms with E-state index >= 15 is 0 Å². The molecule has 0 N–H and O–H groups in total. The maximum absolute atomic E-state index is 12.9. The molecule has 1 aromatic carbocycles. The Labute approximate surface area is 224 Å². The van der Waals surface area contributed by atoms with Crippen molar-refractivity contribution in [2.75, 3.05) is 13.1 Å². The summed E-state index contributed by atoms with van der Waals surface area (Å²) >= 11 is 0. The van der Waals surface area contributed by atoms with Gasteiger partial charge in [0.1, 0.15) is 17.5 Å². The number of allylic oxidation sites excluding steroid dienone is 2. The summed E-state index contributed by atoms with van der Waals surface area (Å²) < 4.78 is 5.58. The maximum Gasteiger partial charge on any atom is 0.410 e. The van der Waals surface area contributed by atoms with Crippen molar-refractivity contribution >= 4 is 11.9 Å². The summed E-state index contributed by atoms with van der Waals surface area (Å²) in [6.45, 7) is 10.9. The van der Waals surface area contributed by atoms with Gasteiger partial charge in [0.25, 0.3) is 0 Å². The number of amides is 1. The van der Waals surface area contributed by atoms with Crippen LogP contribution in [0.3, 0.4) is 0 Å². The van der Waals surface area contributed by atoms with Crippen LogP contribution in [0.15, 0.2) is 42.0 Å². The fourth-order valence-corrected chi connectivity index (χ4v) is 6.45. The van der Waals surface area contributed by atoms with Gasteiger partial charge >= 0.3 is 6.09 Å². The molecule has 1 saturated heterocycles. The van der Waals surface area contributed by atoms with Crippen molar-refractivity contribution in [3.8, 4) is 17.3 Å². The maximum atomic E-state index is 12.9. The molecule has 3 atom stereocenters. The number of piperidine rings is 1. The summed E-state index contributed by atoms with van der Waals surface area (Å²) in [5.74, 6) is 0.672. The fraction of sp³-hybridized carbons (Fsp3) is 0.516. The molecular formula is C31H36N4O3. The van der Waals surface area contributed by atoms with E-state index in [-0.39, 0.29) is 35.2 Å². The van der Waals surface area contributed by atoms with E-state index < -0.39 is 11.0 Å². The van der Waals surface area contributed by atoms with E-state index in [0.29, 0.717) is 13.1 Å². The Morgan fingerprint density at radius 3 is 2.45 bits per heavy atom. The van der Waals surface area contributed by atoms with Crippen molar-refractivity contribution < 1.29 is 14.3 Å². The van der Waals surface area contributed by atoms with E-state index in [1.807, 2.05) is 52.0 Å². The van der Waals surface area contributed by atoms with Crippen molar-refractivity contribution in [2.24, 2.45) is 11.8 Å². The molecule has 2 aromatic rings. The first-order valence-corrected chi connectivity index (χ1v) is 13.6. The highest BCUT2D eigenvalue weighted by Crippen LogP contribution is 2.51. The van der Waals surface area contributed by atoms with Gasteiger partial charge in [-0.2, -0.15) is 5.26 Å². The first-order valence-electron chi connectivity index (χ1n) is 13.6. The summed E-state index contributed by atoms with van der Waals surface area (Å²) in [5.41, 5.74) is 3.22. The Bertz CT molecular complexity index is 1330. The quantitative estimate of drug-likeness (QED) is 0.509. The van der Waals surface area contributed by atoms with Gasteiger partial charge < -0.3 is 9.64 Å². The number of Topliss-reactive ketones (excluding diaryl/α,β-unsaturated/α-hetero) is 1. The number of hydrogen-bond acceptors (Lipinski definition) is 6. The molecule has 2 heterocycles. The largest absolute Gasteiger partial charge is 0.444 e. The molecule has 38 heavy (non-hydrogen) atoms. The van der Waals surface area contributed by atoms with Crippen LogP contribution in [0.4, 0.5) is 4.79 Å². The van der Waals surface area contributed by atoms with Gasteiger partial charge in [0.15, 0.2) is 5.78 Å². The van der Waals surface area contributed by atoms with E-state index in [9.17, 15) is 14.9 Å². The number of fused-ring (bicyclic) bond motifs is 3. The lowest BCUT2D eigenvalue weighted by Crippen LogP contribution is -2.46. The zero-order valence-electron chi connectivity index (χ0n) is 23.0. The Balaban J connectivity index is 1.56. The minimum Gasteiger partial charge on any atom is -0.444 e. The van der Waals surface area contributed by atoms with E-state index in [0.717, 1.165) is 54.0 Å². The number of hydrogen-bond donors (Lipinski definition) is 0. The van der Waals surface area contributed by atoms with Gasteiger partial charge in [0, 0.05) is 41.5 Å². The summed E-state index contributed by atoms with van der Waals surface area (Å²) in [5, 5.41) is 9.75. The number of carbonyl (C=O) groups is 2. The van der Waals surface area contributed by atoms with Crippen LogP contribution >= 0.6 is 0 Å². The highest BCUT2D eigenvalue weighted by Gasteiger charge is 2.50. The van der Waals surface area contributed by atoms with E-state index in [2.05, 4.69) is 25.1 Å². The van der Waals surface area contributed by atoms with Crippen LogP contribution in [0.25, 0.3) is 11.3 Å². The molecule has 5 rings (SSSR count). The number of benzene rings is 1. The van der Waals surface area contributed by atoms with Crippen LogP contribution in [0.1, 0.15) is 76.9 Å². The van der Waals surface area contributed by atoms with E-state index in [1.165, 1.54) is 0 Å². The number of ketones is 1. The van der Waals surface area contributed by atoms with Crippen molar-refractivity contribution in [3.05, 3.63) is 59.1 Å². The predicted molar refractivity (Wildman–Crippen MR) is 144 cm³/mol. The lowest BCUT2D eigenvalue weighted by atomic mass is 9.57. The summed E-state index contributed by atoms with van der Waals surface area (Å²) in [7, 11) is 0. The smallest absolute Gasteiger partial charge is 0.410 e. The van der Waals surface area contributed by atoms with Crippen LogP contribution in [-0.4, -0.2) is 45.4 Å². The molecule has 7 heteroatoms. The predicted octanol–water partition coefficient (Wildman–Crippen LogP) is 5.75. The average molecular weight is 513 g/mol. The third-order valence-electron chi connectivity index (χ3n) is 8.42. The Hall–Kier alpha value is -3.53. The van der Waals surface area contributed by atoms with E-state index in [4.69, 9.17) is 14.7 Å². The molecule has 198 valence electrons. The summed E-state index contributed by atoms with van der Waals surface area (Å²) in [6.07, 6.45) is 4.74. The molecule has 1 aliphatic heterocycles. The van der Waals surface area contributed by atoms with Crippen molar-refractivity contribution in [2.45, 2.75) is 77.2 Å². The highest BCUT2D eigenvalue weighted by atomic mass is 16.6. The third-order valence-corrected chi connectivity index (χ3v) is 8.42. The van der Waals surface area contributed by atoms with Gasteiger partial charge in [-0.1, -0.05) is 50.3 Å². The second-order valence-corrected chi connectivity index (χ2v) is 12.1. The zero-order valence-corrected chi connectivity index (χ0v) is 23.0. The van der Waals surface area contributed by atoms with Crippen LogP contribution in [0.2, 0.25) is 0 Å². The van der Waals surface area contributed by atoms with Crippen molar-refractivity contribution in [3.63, 3.8) is 0 Å². The summed E-state index contributed by atoms with van der Waals surface area (Å²) in [6, 6.07) is 12.3. The SMILES string of the molecule is C[C@H]1C(=O)C(C#N)=C[C@@]2(C)c3nc(C4CCN(C(=O)OC(C)(C)C)CC4)nc(-c4ccccc4)c3CC[C@H]12. The Morgan fingerprint density at radius 1 is 1.13 bits per heavy atom. The summed E-state index contributed by atoms with van der Waals surface area (Å²) in [4.78, 5) is 37.6. The molecular weight excluding hydrogens is 476 g/mol. The van der Waals surface area contributed by atoms with Gasteiger partial charge in [-0.15, -0.1) is 0 Å². The number of carbonyl (C=O) groups excluding carboxylic acids is 2. The molecule has 0 spiro atoms. The number of nitrogens with zero attached hydrogens (tertiary/aromatic N) is 4. The third kappa shape index (κ3) is 4.62. The average Bonchev–Trinajstić information content (AvgIpc) is 2.90. The molecule has 3 aliphatic rings. The zero-order chi connectivity index (χ0) is 27.2. The van der Waals surface area contributed by atoms with Gasteiger partial charge in [-0.25, -0.2) is 14.8 Å². The standard InChI is InChI=1S/C31H36N4O3/c1-19-24-12-11-23-25(20-9-7-6-8-10-20)33-28(34-27(23)31(24,5)17-22(18-32)26(19)36)21-13-15-35(16-14-21)29(37)38-30(2,3)4/h6-10,17,19,21,24H,11-16H2,1-5H3/t19-,24-,31-/m1/s1. The Kier molecular flexibility index (Phi) is 6.63. The molecule has 2 aliphatic carbocycles. The molecule has 1 fully saturated rings. The minimum atomic E-state index is -0.527. The minimum absolute atomic E-state index is 0.0643. The van der Waals surface area contributed by atoms with Crippen molar-refractivity contribution in [1.29, 1.82) is 5.26 Å². The van der Waals surface area contributed by atoms with Gasteiger partial charge in [-0.05, 0) is 52.4 Å². The highest BCUT2D eigenvalue weighted by molar-refractivity contribution is 6.02. The lowest BCUT2D eigenvalue weighted by Gasteiger charge is -2.46. The number of aromatic nitrogens is 2. The Morgan fingerprint density at radius 2 is 1.82 bits per heavy atom. The van der Waals surface area contributed by atoms with E-state index in [1.54, 1.807) is 4.90 Å². The van der Waals surface area contributed by atoms with Gasteiger partial charge in [-0.3, -0.25) is 4.79 Å². The fourth-order valence-electron chi connectivity index (χ4n) is 6.45. The van der Waals surface area contributed by atoms with Crippen LogP contribution in [-0.2, 0) is 21.4 Å². The molecule has 1 aromatic heterocycles. The molecule has 1 amide bonds. The topological polar surface area (TPSA) is 96.2 Å².